The fourth-order valence-electron chi connectivity index (χ4n) is 1.69. The van der Waals surface area contributed by atoms with Crippen molar-refractivity contribution in [2.45, 2.75) is 52.4 Å². The smallest absolute Gasteiger partial charge is 0.0967 e. The molecule has 0 aliphatic heterocycles. The van der Waals surface area contributed by atoms with Crippen LogP contribution in [-0.4, -0.2) is 18.7 Å². The summed E-state index contributed by atoms with van der Waals surface area (Å²) in [5.41, 5.74) is 1.06. The van der Waals surface area contributed by atoms with Crippen LogP contribution >= 0.6 is 11.6 Å². The van der Waals surface area contributed by atoms with Crippen molar-refractivity contribution in [1.29, 1.82) is 0 Å². The Bertz CT molecular complexity index is 354. The van der Waals surface area contributed by atoms with Crippen molar-refractivity contribution in [2.24, 2.45) is 0 Å². The quantitative estimate of drug-likeness (QED) is 0.801. The summed E-state index contributed by atoms with van der Waals surface area (Å²) in [4.78, 5) is 0. The minimum Gasteiger partial charge on any atom is -0.369 e. The number of rotatable bonds is 7. The number of ether oxygens (including phenoxy) is 1. The lowest BCUT2D eigenvalue weighted by atomic mass is 10.1. The molecule has 1 aromatic rings. The first-order valence-corrected chi connectivity index (χ1v) is 7.05. The molecule has 0 saturated carbocycles. The van der Waals surface area contributed by atoms with Crippen molar-refractivity contribution < 1.29 is 4.74 Å². The van der Waals surface area contributed by atoms with Crippen LogP contribution in [0.2, 0.25) is 5.02 Å². The van der Waals surface area contributed by atoms with Gasteiger partial charge in [0.1, 0.15) is 0 Å². The summed E-state index contributed by atoms with van der Waals surface area (Å²) in [6.07, 6.45) is 1.25. The third-order valence-corrected chi connectivity index (χ3v) is 3.28. The first kappa shape index (κ1) is 15.5. The van der Waals surface area contributed by atoms with Gasteiger partial charge >= 0.3 is 0 Å². The molecule has 0 aromatic heterocycles. The predicted molar refractivity (Wildman–Crippen MR) is 78.2 cm³/mol. The highest BCUT2D eigenvalue weighted by atomic mass is 35.5. The predicted octanol–water partition coefficient (Wildman–Crippen LogP) is 4.19. The molecule has 1 N–H and O–H groups in total. The third kappa shape index (κ3) is 4.97. The molecule has 0 aliphatic carbocycles. The van der Waals surface area contributed by atoms with Gasteiger partial charge in [-0.1, -0.05) is 50.6 Å². The molecule has 2 nitrogen and oxygen atoms in total. The largest absolute Gasteiger partial charge is 0.369 e. The van der Waals surface area contributed by atoms with E-state index in [1.807, 2.05) is 24.3 Å². The van der Waals surface area contributed by atoms with Crippen LogP contribution in [0.15, 0.2) is 24.3 Å². The SMILES string of the molecule is CCC(C)OC(CNC(C)C)c1ccccc1Cl. The van der Waals surface area contributed by atoms with Crippen LogP contribution < -0.4 is 5.32 Å². The number of hydrogen-bond acceptors (Lipinski definition) is 2. The van der Waals surface area contributed by atoms with Crippen LogP contribution in [0.3, 0.4) is 0 Å². The average Bonchev–Trinajstić information content (AvgIpc) is 2.34. The second-order valence-electron chi connectivity index (χ2n) is 4.93. The average molecular weight is 270 g/mol. The van der Waals surface area contributed by atoms with Crippen LogP contribution in [0.4, 0.5) is 0 Å². The maximum absolute atomic E-state index is 6.25. The maximum atomic E-state index is 6.25. The molecular weight excluding hydrogens is 246 g/mol. The van der Waals surface area contributed by atoms with Crippen molar-refractivity contribution in [3.63, 3.8) is 0 Å². The standard InChI is InChI=1S/C15H24ClNO/c1-5-12(4)18-15(10-17-11(2)3)13-8-6-7-9-14(13)16/h6-9,11-12,15,17H,5,10H2,1-4H3. The van der Waals surface area contributed by atoms with Crippen molar-refractivity contribution >= 4 is 11.6 Å². The fraction of sp³-hybridized carbons (Fsp3) is 0.600. The second-order valence-corrected chi connectivity index (χ2v) is 5.34. The highest BCUT2D eigenvalue weighted by molar-refractivity contribution is 6.31. The van der Waals surface area contributed by atoms with E-state index in [1.54, 1.807) is 0 Å². The van der Waals surface area contributed by atoms with Crippen molar-refractivity contribution in [2.75, 3.05) is 6.54 Å². The molecule has 1 rings (SSSR count). The Morgan fingerprint density at radius 2 is 1.89 bits per heavy atom. The van der Waals surface area contributed by atoms with Crippen molar-refractivity contribution in [3.8, 4) is 0 Å². The van der Waals surface area contributed by atoms with Gasteiger partial charge in [0, 0.05) is 23.2 Å². The van der Waals surface area contributed by atoms with E-state index in [2.05, 4.69) is 33.0 Å². The van der Waals surface area contributed by atoms with Crippen LogP contribution in [0, 0.1) is 0 Å². The fourth-order valence-corrected chi connectivity index (χ4v) is 1.94. The molecular formula is C15H24ClNO. The monoisotopic (exact) mass is 269 g/mol. The Morgan fingerprint density at radius 1 is 1.22 bits per heavy atom. The molecule has 0 aliphatic rings. The maximum Gasteiger partial charge on any atom is 0.0967 e. The zero-order valence-electron chi connectivity index (χ0n) is 11.7. The summed E-state index contributed by atoms with van der Waals surface area (Å²) in [6.45, 7) is 9.27. The Labute approximate surface area is 116 Å². The molecule has 0 heterocycles. The van der Waals surface area contributed by atoms with Crippen LogP contribution in [0.25, 0.3) is 0 Å². The lowest BCUT2D eigenvalue weighted by molar-refractivity contribution is -0.00531. The van der Waals surface area contributed by atoms with E-state index in [0.717, 1.165) is 23.6 Å². The minimum atomic E-state index is 0.0102. The molecule has 18 heavy (non-hydrogen) atoms. The van der Waals surface area contributed by atoms with Crippen LogP contribution in [0.1, 0.15) is 45.8 Å². The van der Waals surface area contributed by atoms with E-state index in [4.69, 9.17) is 16.3 Å². The molecule has 2 unspecified atom stereocenters. The summed E-state index contributed by atoms with van der Waals surface area (Å²) >= 11 is 6.25. The Hall–Kier alpha value is -0.570. The van der Waals surface area contributed by atoms with E-state index in [0.29, 0.717) is 6.04 Å². The lowest BCUT2D eigenvalue weighted by Gasteiger charge is -2.24. The molecule has 1 aromatic carbocycles. The number of halogens is 1. The first-order chi connectivity index (χ1) is 8.54. The lowest BCUT2D eigenvalue weighted by Crippen LogP contribution is -2.30. The van der Waals surface area contributed by atoms with Crippen LogP contribution in [0.5, 0.6) is 0 Å². The van der Waals surface area contributed by atoms with Gasteiger partial charge in [-0.2, -0.15) is 0 Å². The van der Waals surface area contributed by atoms with E-state index in [1.165, 1.54) is 0 Å². The zero-order chi connectivity index (χ0) is 13.5. The minimum absolute atomic E-state index is 0.0102. The van der Waals surface area contributed by atoms with Gasteiger partial charge in [-0.25, -0.2) is 0 Å². The van der Waals surface area contributed by atoms with Crippen molar-refractivity contribution in [1.82, 2.24) is 5.32 Å². The van der Waals surface area contributed by atoms with E-state index >= 15 is 0 Å². The van der Waals surface area contributed by atoms with Gasteiger partial charge in [-0.05, 0) is 19.4 Å². The van der Waals surface area contributed by atoms with E-state index in [9.17, 15) is 0 Å². The molecule has 2 atom stereocenters. The molecule has 0 amide bonds. The van der Waals surface area contributed by atoms with Gasteiger partial charge in [0.25, 0.3) is 0 Å². The molecule has 0 bridgehead atoms. The Balaban J connectivity index is 2.79. The third-order valence-electron chi connectivity index (χ3n) is 2.94. The van der Waals surface area contributed by atoms with Gasteiger partial charge in [0.2, 0.25) is 0 Å². The molecule has 0 fully saturated rings. The normalized spacial score (nSPS) is 14.8. The highest BCUT2D eigenvalue weighted by Crippen LogP contribution is 2.26. The molecule has 0 radical (unpaired) electrons. The van der Waals surface area contributed by atoms with Crippen molar-refractivity contribution in [3.05, 3.63) is 34.9 Å². The van der Waals surface area contributed by atoms with Crippen LogP contribution in [-0.2, 0) is 4.74 Å². The summed E-state index contributed by atoms with van der Waals surface area (Å²) in [5.74, 6) is 0. The number of hydrogen-bond donors (Lipinski definition) is 1. The molecule has 102 valence electrons. The zero-order valence-corrected chi connectivity index (χ0v) is 12.5. The topological polar surface area (TPSA) is 21.3 Å². The number of benzene rings is 1. The van der Waals surface area contributed by atoms with Gasteiger partial charge in [0.15, 0.2) is 0 Å². The van der Waals surface area contributed by atoms with Gasteiger partial charge in [-0.15, -0.1) is 0 Å². The van der Waals surface area contributed by atoms with Gasteiger partial charge in [-0.3, -0.25) is 0 Å². The van der Waals surface area contributed by atoms with E-state index in [-0.39, 0.29) is 12.2 Å². The highest BCUT2D eigenvalue weighted by Gasteiger charge is 2.17. The molecule has 0 saturated heterocycles. The van der Waals surface area contributed by atoms with E-state index < -0.39 is 0 Å². The number of nitrogens with one attached hydrogen (secondary N) is 1. The van der Waals surface area contributed by atoms with Gasteiger partial charge in [0.05, 0.1) is 12.2 Å². The van der Waals surface area contributed by atoms with Gasteiger partial charge < -0.3 is 10.1 Å². The first-order valence-electron chi connectivity index (χ1n) is 6.67. The summed E-state index contributed by atoms with van der Waals surface area (Å²) in [6, 6.07) is 8.35. The Kier molecular flexibility index (Phi) is 6.69. The Morgan fingerprint density at radius 3 is 2.44 bits per heavy atom. The molecule has 3 heteroatoms. The summed E-state index contributed by atoms with van der Waals surface area (Å²) in [7, 11) is 0. The second kappa shape index (κ2) is 7.78. The summed E-state index contributed by atoms with van der Waals surface area (Å²) in [5, 5.41) is 4.19. The summed E-state index contributed by atoms with van der Waals surface area (Å²) < 4.78 is 6.07. The molecule has 0 spiro atoms.